The molecule has 0 aromatic heterocycles. The van der Waals surface area contributed by atoms with Gasteiger partial charge in [0, 0.05) is 12.6 Å². The van der Waals surface area contributed by atoms with Crippen LogP contribution in [0.5, 0.6) is 11.5 Å². The third-order valence-corrected chi connectivity index (χ3v) is 3.29. The highest BCUT2D eigenvalue weighted by Gasteiger charge is 2.14. The zero-order valence-corrected chi connectivity index (χ0v) is 12.0. The van der Waals surface area contributed by atoms with Gasteiger partial charge in [0.1, 0.15) is 5.75 Å². The zero-order valence-electron chi connectivity index (χ0n) is 10.5. The fourth-order valence-corrected chi connectivity index (χ4v) is 1.96. The maximum atomic E-state index is 13.8. The van der Waals surface area contributed by atoms with Gasteiger partial charge in [-0.1, -0.05) is 23.2 Å². The van der Waals surface area contributed by atoms with Gasteiger partial charge in [0.05, 0.1) is 10.0 Å². The predicted molar refractivity (Wildman–Crippen MR) is 75.7 cm³/mol. The first kappa shape index (κ1) is 15.0. The van der Waals surface area contributed by atoms with Crippen LogP contribution in [0.15, 0.2) is 30.3 Å². The molecule has 0 unspecified atom stereocenters. The van der Waals surface area contributed by atoms with E-state index in [1.165, 1.54) is 30.3 Å². The van der Waals surface area contributed by atoms with Crippen molar-refractivity contribution in [1.29, 1.82) is 0 Å². The highest BCUT2D eigenvalue weighted by atomic mass is 35.5. The molecule has 0 aliphatic carbocycles. The molecular weight excluding hydrogens is 307 g/mol. The number of ether oxygens (including phenoxy) is 1. The van der Waals surface area contributed by atoms with E-state index in [1.54, 1.807) is 7.05 Å². The topological polar surface area (TPSA) is 21.3 Å². The highest BCUT2D eigenvalue weighted by Crippen LogP contribution is 2.32. The van der Waals surface area contributed by atoms with E-state index < -0.39 is 17.4 Å². The Bertz CT molecular complexity index is 612. The fourth-order valence-electron chi connectivity index (χ4n) is 1.67. The molecule has 2 rings (SSSR count). The van der Waals surface area contributed by atoms with Gasteiger partial charge in [-0.15, -0.1) is 0 Å². The standard InChI is InChI=1S/C14H11Cl2F2NO/c1-19-7-8-4-12(17)14(13(18)5-8)20-9-2-3-10(15)11(16)6-9/h2-6,19H,7H2,1H3. The SMILES string of the molecule is CNCc1cc(F)c(Oc2ccc(Cl)c(Cl)c2)c(F)c1. The largest absolute Gasteiger partial charge is 0.451 e. The summed E-state index contributed by atoms with van der Waals surface area (Å²) < 4.78 is 32.9. The second-order valence-corrected chi connectivity index (χ2v) is 4.91. The summed E-state index contributed by atoms with van der Waals surface area (Å²) >= 11 is 11.6. The van der Waals surface area contributed by atoms with Gasteiger partial charge in [-0.3, -0.25) is 0 Å². The second kappa shape index (κ2) is 6.39. The molecule has 0 atom stereocenters. The zero-order chi connectivity index (χ0) is 14.7. The molecule has 0 aliphatic heterocycles. The van der Waals surface area contributed by atoms with Crippen LogP contribution in [0.25, 0.3) is 0 Å². The van der Waals surface area contributed by atoms with Crippen LogP contribution >= 0.6 is 23.2 Å². The molecule has 0 saturated carbocycles. The van der Waals surface area contributed by atoms with E-state index in [0.717, 1.165) is 0 Å². The summed E-state index contributed by atoms with van der Waals surface area (Å²) in [4.78, 5) is 0. The van der Waals surface area contributed by atoms with Gasteiger partial charge in [0.25, 0.3) is 0 Å². The Morgan fingerprint density at radius 1 is 1.05 bits per heavy atom. The monoisotopic (exact) mass is 317 g/mol. The van der Waals surface area contributed by atoms with Crippen LogP contribution in [-0.4, -0.2) is 7.05 Å². The summed E-state index contributed by atoms with van der Waals surface area (Å²) in [6, 6.07) is 6.79. The number of hydrogen-bond acceptors (Lipinski definition) is 2. The molecule has 0 fully saturated rings. The molecular formula is C14H11Cl2F2NO. The quantitative estimate of drug-likeness (QED) is 0.876. The lowest BCUT2D eigenvalue weighted by Gasteiger charge is -2.10. The number of nitrogens with one attached hydrogen (secondary N) is 1. The van der Waals surface area contributed by atoms with Gasteiger partial charge in [0.2, 0.25) is 0 Å². The van der Waals surface area contributed by atoms with Gasteiger partial charge in [0.15, 0.2) is 17.4 Å². The van der Waals surface area contributed by atoms with Crippen LogP contribution in [0.2, 0.25) is 10.0 Å². The van der Waals surface area contributed by atoms with Gasteiger partial charge in [-0.05, 0) is 36.9 Å². The van der Waals surface area contributed by atoms with Crippen LogP contribution in [0.4, 0.5) is 8.78 Å². The maximum absolute atomic E-state index is 13.8. The van der Waals surface area contributed by atoms with Gasteiger partial charge >= 0.3 is 0 Å². The van der Waals surface area contributed by atoms with Crippen molar-refractivity contribution in [2.45, 2.75) is 6.54 Å². The third kappa shape index (κ3) is 3.39. The van der Waals surface area contributed by atoms with Crippen LogP contribution in [-0.2, 0) is 6.54 Å². The number of benzene rings is 2. The first-order valence-corrected chi connectivity index (χ1v) is 6.52. The molecule has 1 N–H and O–H groups in total. The molecule has 0 heterocycles. The van der Waals surface area contributed by atoms with Gasteiger partial charge < -0.3 is 10.1 Å². The van der Waals surface area contributed by atoms with E-state index in [2.05, 4.69) is 5.32 Å². The molecule has 2 aromatic rings. The smallest absolute Gasteiger partial charge is 0.198 e. The summed E-state index contributed by atoms with van der Waals surface area (Å²) in [6.45, 7) is 0.362. The lowest BCUT2D eigenvalue weighted by molar-refractivity contribution is 0.406. The average molecular weight is 318 g/mol. The molecule has 106 valence electrons. The lowest BCUT2D eigenvalue weighted by Crippen LogP contribution is -2.06. The summed E-state index contributed by atoms with van der Waals surface area (Å²) in [5, 5.41) is 3.40. The average Bonchev–Trinajstić information content (AvgIpc) is 2.38. The molecule has 0 amide bonds. The molecule has 6 heteroatoms. The summed E-state index contributed by atoms with van der Waals surface area (Å²) in [5.41, 5.74) is 0.490. The Morgan fingerprint density at radius 3 is 2.25 bits per heavy atom. The van der Waals surface area contributed by atoms with Crippen molar-refractivity contribution >= 4 is 23.2 Å². The van der Waals surface area contributed by atoms with Crippen molar-refractivity contribution in [2.24, 2.45) is 0 Å². The molecule has 0 saturated heterocycles. The Hall–Kier alpha value is -1.36. The molecule has 20 heavy (non-hydrogen) atoms. The minimum Gasteiger partial charge on any atom is -0.451 e. The van der Waals surface area contributed by atoms with Crippen molar-refractivity contribution in [3.05, 3.63) is 57.6 Å². The lowest BCUT2D eigenvalue weighted by atomic mass is 10.2. The van der Waals surface area contributed by atoms with E-state index in [-0.39, 0.29) is 10.8 Å². The normalized spacial score (nSPS) is 10.7. The molecule has 0 spiro atoms. The summed E-state index contributed by atoms with van der Waals surface area (Å²) in [6.07, 6.45) is 0. The number of hydrogen-bond donors (Lipinski definition) is 1. The minimum absolute atomic E-state index is 0.207. The molecule has 0 bridgehead atoms. The first-order chi connectivity index (χ1) is 9.51. The Morgan fingerprint density at radius 2 is 1.70 bits per heavy atom. The predicted octanol–water partition coefficient (Wildman–Crippen LogP) is 4.78. The van der Waals surface area contributed by atoms with Crippen molar-refractivity contribution < 1.29 is 13.5 Å². The highest BCUT2D eigenvalue weighted by molar-refractivity contribution is 6.42. The van der Waals surface area contributed by atoms with Crippen LogP contribution in [0, 0.1) is 11.6 Å². The van der Waals surface area contributed by atoms with Crippen molar-refractivity contribution in [3.63, 3.8) is 0 Å². The Labute approximate surface area is 125 Å². The summed E-state index contributed by atoms with van der Waals surface area (Å²) in [5.74, 6) is -1.82. The van der Waals surface area contributed by atoms with Crippen LogP contribution in [0.3, 0.4) is 0 Å². The second-order valence-electron chi connectivity index (χ2n) is 4.10. The van der Waals surface area contributed by atoms with Crippen molar-refractivity contribution in [1.82, 2.24) is 5.32 Å². The number of rotatable bonds is 4. The van der Waals surface area contributed by atoms with Crippen LogP contribution < -0.4 is 10.1 Å². The minimum atomic E-state index is -0.777. The Balaban J connectivity index is 2.31. The molecule has 0 radical (unpaired) electrons. The van der Waals surface area contributed by atoms with E-state index in [1.807, 2.05) is 0 Å². The van der Waals surface area contributed by atoms with Crippen LogP contribution in [0.1, 0.15) is 5.56 Å². The van der Waals surface area contributed by atoms with E-state index in [9.17, 15) is 8.78 Å². The maximum Gasteiger partial charge on any atom is 0.198 e. The molecule has 0 aliphatic rings. The number of halogens is 4. The molecule has 2 aromatic carbocycles. The van der Waals surface area contributed by atoms with Gasteiger partial charge in [-0.25, -0.2) is 8.78 Å². The fraction of sp³-hybridized carbons (Fsp3) is 0.143. The third-order valence-electron chi connectivity index (χ3n) is 2.55. The summed E-state index contributed by atoms with van der Waals surface area (Å²) in [7, 11) is 1.69. The van der Waals surface area contributed by atoms with E-state index in [4.69, 9.17) is 27.9 Å². The van der Waals surface area contributed by atoms with E-state index >= 15 is 0 Å². The Kier molecular flexibility index (Phi) is 4.81. The van der Waals surface area contributed by atoms with Crippen molar-refractivity contribution in [3.8, 4) is 11.5 Å². The van der Waals surface area contributed by atoms with Gasteiger partial charge in [-0.2, -0.15) is 0 Å². The van der Waals surface area contributed by atoms with Crippen molar-refractivity contribution in [2.75, 3.05) is 7.05 Å². The first-order valence-electron chi connectivity index (χ1n) is 5.76. The van der Waals surface area contributed by atoms with E-state index in [0.29, 0.717) is 17.1 Å². The molecule has 2 nitrogen and oxygen atoms in total.